The number of benzene rings is 1. The molecule has 0 atom stereocenters. The Hall–Kier alpha value is -1.27. The van der Waals surface area contributed by atoms with Crippen LogP contribution in [0.25, 0.3) is 0 Å². The molecule has 2 rings (SSSR count). The Morgan fingerprint density at radius 1 is 1.33 bits per heavy atom. The minimum absolute atomic E-state index is 0.0278. The van der Waals surface area contributed by atoms with Crippen LogP contribution in [-0.2, 0) is 20.3 Å². The first-order valence-electron chi connectivity index (χ1n) is 6.90. The third-order valence-electron chi connectivity index (χ3n) is 3.50. The maximum absolute atomic E-state index is 11.9. The van der Waals surface area contributed by atoms with Crippen molar-refractivity contribution in [2.45, 2.75) is 31.1 Å². The molecule has 5 nitrogen and oxygen atoms in total. The molecule has 0 unspecified atom stereocenters. The standard InChI is InChI=1S/C14H18ClNO4S/c1-2-11-9-12(21(15,18)19)5-6-13(11)20-10-14(17)16-7-3-4-8-16/h5-6,9H,2-4,7-8,10H2,1H3. The Kier molecular flexibility index (Phi) is 5.11. The highest BCUT2D eigenvalue weighted by Crippen LogP contribution is 2.25. The summed E-state index contributed by atoms with van der Waals surface area (Å²) < 4.78 is 28.2. The van der Waals surface area contributed by atoms with Gasteiger partial charge in [0.25, 0.3) is 15.0 Å². The third kappa shape index (κ3) is 4.11. The molecule has 0 N–H and O–H groups in total. The van der Waals surface area contributed by atoms with Crippen LogP contribution >= 0.6 is 10.7 Å². The van der Waals surface area contributed by atoms with Crippen molar-refractivity contribution in [2.24, 2.45) is 0 Å². The van der Waals surface area contributed by atoms with Gasteiger partial charge in [-0.3, -0.25) is 4.79 Å². The maximum atomic E-state index is 11.9. The molecule has 7 heteroatoms. The van der Waals surface area contributed by atoms with Crippen molar-refractivity contribution < 1.29 is 17.9 Å². The SMILES string of the molecule is CCc1cc(S(=O)(=O)Cl)ccc1OCC(=O)N1CCCC1. The Balaban J connectivity index is 2.07. The predicted octanol–water partition coefficient (Wildman–Crippen LogP) is 2.18. The van der Waals surface area contributed by atoms with Gasteiger partial charge in [0.15, 0.2) is 6.61 Å². The number of hydrogen-bond donors (Lipinski definition) is 0. The Labute approximate surface area is 129 Å². The van der Waals surface area contributed by atoms with E-state index in [1.165, 1.54) is 12.1 Å². The second-order valence-electron chi connectivity index (χ2n) is 4.94. The predicted molar refractivity (Wildman–Crippen MR) is 80.2 cm³/mol. The molecule has 0 spiro atoms. The zero-order chi connectivity index (χ0) is 15.5. The zero-order valence-corrected chi connectivity index (χ0v) is 13.4. The molecule has 1 aromatic carbocycles. The topological polar surface area (TPSA) is 63.7 Å². The quantitative estimate of drug-likeness (QED) is 0.776. The van der Waals surface area contributed by atoms with Gasteiger partial charge in [0, 0.05) is 23.8 Å². The summed E-state index contributed by atoms with van der Waals surface area (Å²) in [5.41, 5.74) is 0.714. The van der Waals surface area contributed by atoms with E-state index >= 15 is 0 Å². The number of carbonyl (C=O) groups is 1. The summed E-state index contributed by atoms with van der Waals surface area (Å²) in [7, 11) is 1.57. The Morgan fingerprint density at radius 2 is 2.00 bits per heavy atom. The van der Waals surface area contributed by atoms with Gasteiger partial charge in [0.05, 0.1) is 4.90 Å². The highest BCUT2D eigenvalue weighted by molar-refractivity contribution is 8.13. The van der Waals surface area contributed by atoms with Gasteiger partial charge in [-0.25, -0.2) is 8.42 Å². The van der Waals surface area contributed by atoms with E-state index in [4.69, 9.17) is 15.4 Å². The lowest BCUT2D eigenvalue weighted by Gasteiger charge is -2.16. The third-order valence-corrected chi connectivity index (χ3v) is 4.86. The van der Waals surface area contributed by atoms with Crippen LogP contribution in [0.4, 0.5) is 0 Å². The number of hydrogen-bond acceptors (Lipinski definition) is 4. The van der Waals surface area contributed by atoms with Crippen molar-refractivity contribution in [3.8, 4) is 5.75 Å². The normalized spacial score (nSPS) is 15.2. The van der Waals surface area contributed by atoms with Crippen LogP contribution in [-0.4, -0.2) is 38.9 Å². The number of ether oxygens (including phenoxy) is 1. The van der Waals surface area contributed by atoms with E-state index in [1.54, 1.807) is 11.0 Å². The van der Waals surface area contributed by atoms with Gasteiger partial charge in [0.2, 0.25) is 0 Å². The van der Waals surface area contributed by atoms with Crippen LogP contribution in [0.3, 0.4) is 0 Å². The van der Waals surface area contributed by atoms with Crippen LogP contribution in [0, 0.1) is 0 Å². The fraction of sp³-hybridized carbons (Fsp3) is 0.500. The summed E-state index contributed by atoms with van der Waals surface area (Å²) in [5.74, 6) is 0.484. The van der Waals surface area contributed by atoms with Crippen LogP contribution in [0.2, 0.25) is 0 Å². The average Bonchev–Trinajstić information content (AvgIpc) is 2.97. The molecule has 0 bridgehead atoms. The van der Waals surface area contributed by atoms with Gasteiger partial charge in [-0.05, 0) is 43.0 Å². The van der Waals surface area contributed by atoms with Crippen LogP contribution in [0.5, 0.6) is 5.75 Å². The number of carbonyl (C=O) groups excluding carboxylic acids is 1. The van der Waals surface area contributed by atoms with E-state index in [-0.39, 0.29) is 17.4 Å². The van der Waals surface area contributed by atoms with Crippen molar-refractivity contribution in [2.75, 3.05) is 19.7 Å². The summed E-state index contributed by atoms with van der Waals surface area (Å²) in [5, 5.41) is 0. The van der Waals surface area contributed by atoms with E-state index in [1.807, 2.05) is 6.92 Å². The van der Waals surface area contributed by atoms with E-state index in [9.17, 15) is 13.2 Å². The smallest absolute Gasteiger partial charge is 0.261 e. The molecule has 0 aromatic heterocycles. The summed E-state index contributed by atoms with van der Waals surface area (Å²) in [6, 6.07) is 4.42. The van der Waals surface area contributed by atoms with Gasteiger partial charge in [-0.15, -0.1) is 0 Å². The van der Waals surface area contributed by atoms with E-state index < -0.39 is 9.05 Å². The number of nitrogens with zero attached hydrogens (tertiary/aromatic N) is 1. The number of likely N-dealkylation sites (tertiary alicyclic amines) is 1. The summed E-state index contributed by atoms with van der Waals surface area (Å²) in [6.45, 7) is 3.42. The molecular weight excluding hydrogens is 314 g/mol. The van der Waals surface area contributed by atoms with Crippen LogP contribution < -0.4 is 4.74 Å². The first kappa shape index (κ1) is 16.1. The largest absolute Gasteiger partial charge is 0.483 e. The summed E-state index contributed by atoms with van der Waals surface area (Å²) in [4.78, 5) is 13.8. The monoisotopic (exact) mass is 331 g/mol. The number of halogens is 1. The fourth-order valence-electron chi connectivity index (χ4n) is 2.32. The van der Waals surface area contributed by atoms with Gasteiger partial charge in [0.1, 0.15) is 5.75 Å². The van der Waals surface area contributed by atoms with Crippen LogP contribution in [0.1, 0.15) is 25.3 Å². The van der Waals surface area contributed by atoms with E-state index in [2.05, 4.69) is 0 Å². The second-order valence-corrected chi connectivity index (χ2v) is 7.50. The first-order chi connectivity index (χ1) is 9.91. The number of aryl methyl sites for hydroxylation is 1. The van der Waals surface area contributed by atoms with Gasteiger partial charge in [-0.1, -0.05) is 6.92 Å². The highest BCUT2D eigenvalue weighted by atomic mass is 35.7. The molecule has 0 saturated carbocycles. The molecule has 1 heterocycles. The molecule has 0 radical (unpaired) electrons. The number of amides is 1. The maximum Gasteiger partial charge on any atom is 0.261 e. The first-order valence-corrected chi connectivity index (χ1v) is 9.21. The van der Waals surface area contributed by atoms with E-state index in [0.29, 0.717) is 17.7 Å². The molecule has 116 valence electrons. The summed E-state index contributed by atoms with van der Waals surface area (Å²) >= 11 is 0. The minimum Gasteiger partial charge on any atom is -0.483 e. The Bertz CT molecular complexity index is 624. The molecule has 1 amide bonds. The lowest BCUT2D eigenvalue weighted by atomic mass is 10.1. The fourth-order valence-corrected chi connectivity index (χ4v) is 3.12. The van der Waals surface area contributed by atoms with E-state index in [0.717, 1.165) is 25.9 Å². The lowest BCUT2D eigenvalue weighted by Crippen LogP contribution is -2.32. The molecule has 21 heavy (non-hydrogen) atoms. The lowest BCUT2D eigenvalue weighted by molar-refractivity contribution is -0.132. The number of rotatable bonds is 5. The Morgan fingerprint density at radius 3 is 2.57 bits per heavy atom. The van der Waals surface area contributed by atoms with Crippen molar-refractivity contribution in [1.29, 1.82) is 0 Å². The van der Waals surface area contributed by atoms with Crippen molar-refractivity contribution in [3.63, 3.8) is 0 Å². The van der Waals surface area contributed by atoms with Crippen molar-refractivity contribution in [3.05, 3.63) is 23.8 Å². The van der Waals surface area contributed by atoms with Crippen LogP contribution in [0.15, 0.2) is 23.1 Å². The molecule has 1 aliphatic rings. The van der Waals surface area contributed by atoms with Gasteiger partial charge in [-0.2, -0.15) is 0 Å². The molecular formula is C14H18ClNO4S. The molecule has 1 saturated heterocycles. The van der Waals surface area contributed by atoms with Crippen molar-refractivity contribution in [1.82, 2.24) is 4.90 Å². The average molecular weight is 332 g/mol. The zero-order valence-electron chi connectivity index (χ0n) is 11.8. The molecule has 0 aliphatic carbocycles. The van der Waals surface area contributed by atoms with Gasteiger partial charge < -0.3 is 9.64 Å². The van der Waals surface area contributed by atoms with Gasteiger partial charge >= 0.3 is 0 Å². The molecule has 1 fully saturated rings. The summed E-state index contributed by atoms with van der Waals surface area (Å²) in [6.07, 6.45) is 2.66. The second kappa shape index (κ2) is 6.66. The molecule has 1 aliphatic heterocycles. The molecule has 1 aromatic rings. The van der Waals surface area contributed by atoms with Crippen molar-refractivity contribution >= 4 is 25.6 Å². The minimum atomic E-state index is -3.76. The highest BCUT2D eigenvalue weighted by Gasteiger charge is 2.19.